The molecular formula is C68H52N4O4. The maximum absolute atomic E-state index is 12.5. The second kappa shape index (κ2) is 21.9. The van der Waals surface area contributed by atoms with Gasteiger partial charge in [-0.05, 0) is 212 Å². The Kier molecular flexibility index (Phi) is 14.7. The highest BCUT2D eigenvalue weighted by atomic mass is 16.3. The molecule has 0 saturated carbocycles. The van der Waals surface area contributed by atoms with Gasteiger partial charge in [0.05, 0.1) is 46.6 Å². The van der Waals surface area contributed by atoms with Gasteiger partial charge >= 0.3 is 0 Å². The van der Waals surface area contributed by atoms with Crippen LogP contribution in [0.5, 0.6) is 23.0 Å². The Morgan fingerprint density at radius 3 is 0.645 bits per heavy atom. The fraction of sp³-hybridized carbons (Fsp3) is 0.118. The second-order valence-corrected chi connectivity index (χ2v) is 19.4. The van der Waals surface area contributed by atoms with Crippen molar-refractivity contribution in [2.45, 2.75) is 53.4 Å². The summed E-state index contributed by atoms with van der Waals surface area (Å²) in [6.45, 7) is 7.82. The highest BCUT2D eigenvalue weighted by molar-refractivity contribution is 5.94. The first kappa shape index (κ1) is 50.8. The molecule has 8 aromatic rings. The molecule has 9 rings (SSSR count). The lowest BCUT2D eigenvalue weighted by atomic mass is 9.86. The van der Waals surface area contributed by atoms with E-state index in [0.29, 0.717) is 89.1 Å². The molecule has 1 aliphatic rings. The van der Waals surface area contributed by atoms with E-state index in [-0.39, 0.29) is 48.7 Å². The van der Waals surface area contributed by atoms with Crippen LogP contribution >= 0.6 is 0 Å². The van der Waals surface area contributed by atoms with Crippen molar-refractivity contribution in [2.24, 2.45) is 0 Å². The Morgan fingerprint density at radius 2 is 0.487 bits per heavy atom. The van der Waals surface area contributed by atoms with E-state index in [1.807, 2.05) is 125 Å². The van der Waals surface area contributed by atoms with Gasteiger partial charge < -0.3 is 20.4 Å². The molecule has 0 atom stereocenters. The minimum atomic E-state index is -0.134. The minimum Gasteiger partial charge on any atom is -0.507 e. The number of aryl methyl sites for hydroxylation is 4. The van der Waals surface area contributed by atoms with Gasteiger partial charge in [-0.1, -0.05) is 97.1 Å². The topological polar surface area (TPSA) is 176 Å². The first-order valence-corrected chi connectivity index (χ1v) is 24.9. The predicted octanol–water partition coefficient (Wildman–Crippen LogP) is 14.7. The summed E-state index contributed by atoms with van der Waals surface area (Å²) in [4.78, 5) is 0. The van der Waals surface area contributed by atoms with Crippen molar-refractivity contribution >= 4 is 46.6 Å². The molecule has 8 nitrogen and oxygen atoms in total. The van der Waals surface area contributed by atoms with Crippen LogP contribution in [0.2, 0.25) is 0 Å². The molecule has 0 aliphatic heterocycles. The van der Waals surface area contributed by atoms with E-state index in [0.717, 1.165) is 44.5 Å². The van der Waals surface area contributed by atoms with Crippen molar-refractivity contribution in [2.75, 3.05) is 0 Å². The van der Waals surface area contributed by atoms with Crippen LogP contribution in [0.1, 0.15) is 111 Å². The number of aromatic hydroxyl groups is 4. The number of nitriles is 4. The monoisotopic (exact) mass is 988 g/mol. The Morgan fingerprint density at radius 1 is 0.316 bits per heavy atom. The van der Waals surface area contributed by atoms with Crippen molar-refractivity contribution in [3.8, 4) is 47.3 Å². The maximum atomic E-state index is 12.5. The number of benzene rings is 8. The first-order chi connectivity index (χ1) is 36.7. The molecule has 0 spiro atoms. The molecular weight excluding hydrogens is 937 g/mol. The standard InChI is InChI=1S/C68H52N4O4/c1-41-13-5-9-17-45(41)21-61(37-69)49-25-53-33-55-27-50(62(38-70)22-46-18-10-6-14-42(46)2)29-57(66(55)74)35-59-31-52(64(40-72)24-48-20-12-8-16-44(48)4)32-60(68(59)76)36-58-30-51(28-56(67(58)75)34-54(26-49)65(53)73)63(39-71)23-47-19-11-7-15-43(47)3/h5-32,73-76H,33-36H2,1-4H3/b61-21+,62-22+,63-23+,64-24+. The van der Waals surface area contributed by atoms with Crippen LogP contribution in [0, 0.1) is 73.0 Å². The summed E-state index contributed by atoms with van der Waals surface area (Å²) in [6, 6.07) is 54.0. The minimum absolute atomic E-state index is 0.0739. The molecule has 8 heteroatoms. The van der Waals surface area contributed by atoms with Gasteiger partial charge in [-0.15, -0.1) is 0 Å². The van der Waals surface area contributed by atoms with E-state index in [1.54, 1.807) is 72.8 Å². The number of rotatable bonds is 8. The van der Waals surface area contributed by atoms with Crippen LogP contribution in [-0.2, 0) is 25.7 Å². The predicted molar refractivity (Wildman–Crippen MR) is 302 cm³/mol. The summed E-state index contributed by atoms with van der Waals surface area (Å²) in [5, 5.41) is 93.4. The molecule has 1 aliphatic carbocycles. The van der Waals surface area contributed by atoms with Gasteiger partial charge in [-0.3, -0.25) is 0 Å². The van der Waals surface area contributed by atoms with Crippen LogP contribution in [0.3, 0.4) is 0 Å². The van der Waals surface area contributed by atoms with E-state index in [4.69, 9.17) is 0 Å². The second-order valence-electron chi connectivity index (χ2n) is 19.4. The number of hydrogen-bond donors (Lipinski definition) is 4. The van der Waals surface area contributed by atoms with E-state index >= 15 is 0 Å². The van der Waals surface area contributed by atoms with Gasteiger partial charge in [-0.2, -0.15) is 21.0 Å². The highest BCUT2D eigenvalue weighted by Crippen LogP contribution is 2.42. The molecule has 0 amide bonds. The molecule has 0 aromatic heterocycles. The average Bonchev–Trinajstić information content (AvgIpc) is 3.43. The third-order valence-corrected chi connectivity index (χ3v) is 14.3. The molecule has 0 fully saturated rings. The summed E-state index contributed by atoms with van der Waals surface area (Å²) in [7, 11) is 0. The molecule has 8 bridgehead atoms. The molecule has 0 unspecified atom stereocenters. The van der Waals surface area contributed by atoms with Crippen LogP contribution in [-0.4, -0.2) is 20.4 Å². The van der Waals surface area contributed by atoms with Gasteiger partial charge in [0.25, 0.3) is 0 Å². The lowest BCUT2D eigenvalue weighted by Gasteiger charge is -2.20. The van der Waals surface area contributed by atoms with Crippen molar-refractivity contribution < 1.29 is 20.4 Å². The average molecular weight is 989 g/mol. The Hall–Kier alpha value is -10.1. The Balaban J connectivity index is 1.35. The molecule has 0 radical (unpaired) electrons. The fourth-order valence-corrected chi connectivity index (χ4v) is 9.90. The van der Waals surface area contributed by atoms with E-state index in [9.17, 15) is 41.5 Å². The highest BCUT2D eigenvalue weighted by Gasteiger charge is 2.24. The van der Waals surface area contributed by atoms with E-state index < -0.39 is 0 Å². The van der Waals surface area contributed by atoms with E-state index in [2.05, 4.69) is 24.3 Å². The zero-order valence-electron chi connectivity index (χ0n) is 42.6. The van der Waals surface area contributed by atoms with Gasteiger partial charge in [-0.25, -0.2) is 0 Å². The molecule has 0 heterocycles. The Bertz CT molecular complexity index is 3360. The van der Waals surface area contributed by atoms with Crippen molar-refractivity contribution in [1.82, 2.24) is 0 Å². The lowest BCUT2D eigenvalue weighted by molar-refractivity contribution is 0.450. The number of hydrogen-bond acceptors (Lipinski definition) is 8. The van der Waals surface area contributed by atoms with Gasteiger partial charge in [0.2, 0.25) is 0 Å². The SMILES string of the molecule is Cc1ccccc1/C=C(\C#N)c1cc2c(O)c(c1)Cc1cc(/C(C#N)=C/c3ccccc3C)cc(c1O)Cc1cc(/C(C#N)=C/c3ccccc3C)cc(c1O)Cc1cc(/C(C#N)=C/c3ccccc3C)cc(c1O)C2. The summed E-state index contributed by atoms with van der Waals surface area (Å²) in [6.07, 6.45) is 6.88. The summed E-state index contributed by atoms with van der Waals surface area (Å²) >= 11 is 0. The zero-order valence-corrected chi connectivity index (χ0v) is 42.6. The van der Waals surface area contributed by atoms with E-state index in [1.165, 1.54) is 0 Å². The van der Waals surface area contributed by atoms with Crippen LogP contribution in [0.15, 0.2) is 146 Å². The number of allylic oxidation sites excluding steroid dienone is 4. The zero-order chi connectivity index (χ0) is 53.6. The quantitative estimate of drug-likeness (QED) is 0.0859. The number of fused-ring (bicyclic) bond motifs is 8. The molecule has 368 valence electrons. The number of phenolic OH excluding ortho intramolecular Hbond substituents is 4. The number of nitrogens with zero attached hydrogens (tertiary/aromatic N) is 4. The summed E-state index contributed by atoms with van der Waals surface area (Å²) < 4.78 is 0. The van der Waals surface area contributed by atoms with Crippen LogP contribution < -0.4 is 0 Å². The number of phenols is 4. The fourth-order valence-electron chi connectivity index (χ4n) is 9.90. The molecule has 8 aromatic carbocycles. The maximum Gasteiger partial charge on any atom is 0.122 e. The third-order valence-electron chi connectivity index (χ3n) is 14.3. The normalized spacial score (nSPS) is 12.7. The molecule has 76 heavy (non-hydrogen) atoms. The molecule has 0 saturated heterocycles. The van der Waals surface area contributed by atoms with Crippen molar-refractivity contribution in [3.63, 3.8) is 0 Å². The van der Waals surface area contributed by atoms with Crippen molar-refractivity contribution in [1.29, 1.82) is 21.0 Å². The van der Waals surface area contributed by atoms with Gasteiger partial charge in [0.1, 0.15) is 23.0 Å². The smallest absolute Gasteiger partial charge is 0.122 e. The summed E-state index contributed by atoms with van der Waals surface area (Å²) in [5.41, 5.74) is 13.1. The van der Waals surface area contributed by atoms with Crippen molar-refractivity contribution in [3.05, 3.63) is 257 Å². The van der Waals surface area contributed by atoms with Crippen LogP contribution in [0.25, 0.3) is 46.6 Å². The largest absolute Gasteiger partial charge is 0.507 e. The van der Waals surface area contributed by atoms with Gasteiger partial charge in [0, 0.05) is 25.7 Å². The van der Waals surface area contributed by atoms with Crippen LogP contribution in [0.4, 0.5) is 0 Å². The first-order valence-electron chi connectivity index (χ1n) is 24.9. The summed E-state index contributed by atoms with van der Waals surface area (Å²) in [5.74, 6) is -0.535. The third kappa shape index (κ3) is 10.7. The van der Waals surface area contributed by atoms with Gasteiger partial charge in [0.15, 0.2) is 0 Å². The lowest BCUT2D eigenvalue weighted by Crippen LogP contribution is -2.04. The molecule has 4 N–H and O–H groups in total. The Labute approximate surface area is 443 Å².